The van der Waals surface area contributed by atoms with Crippen molar-refractivity contribution in [2.45, 2.75) is 12.5 Å². The molecule has 1 aromatic heterocycles. The predicted molar refractivity (Wildman–Crippen MR) is 58.6 cm³/mol. The molecule has 15 heavy (non-hydrogen) atoms. The van der Waals surface area contributed by atoms with Gasteiger partial charge in [-0.15, -0.1) is 0 Å². The number of nitrogens with zero attached hydrogens (tertiary/aromatic N) is 2. The van der Waals surface area contributed by atoms with Gasteiger partial charge in [-0.1, -0.05) is 0 Å². The number of aromatic nitrogens is 2. The highest BCUT2D eigenvalue weighted by atomic mass is 16.5. The Balaban J connectivity index is 2.11. The standard InChI is InChI=1S/C11H13N3O/c12-8-1-2-11-10(5-8)13-7-14(11)9-3-4-15-6-9/h1-2,5,7,9H,3-4,6,12H2. The maximum atomic E-state index is 5.71. The number of ether oxygens (including phenoxy) is 1. The number of anilines is 1. The van der Waals surface area contributed by atoms with Gasteiger partial charge in [0.2, 0.25) is 0 Å². The number of hydrogen-bond acceptors (Lipinski definition) is 3. The molecule has 2 heterocycles. The van der Waals surface area contributed by atoms with Crippen LogP contribution in [0.15, 0.2) is 24.5 Å². The molecule has 0 radical (unpaired) electrons. The van der Waals surface area contributed by atoms with E-state index in [1.54, 1.807) is 0 Å². The Bertz CT molecular complexity index is 486. The number of benzene rings is 1. The van der Waals surface area contributed by atoms with Crippen LogP contribution in [0.3, 0.4) is 0 Å². The third-order valence-electron chi connectivity index (χ3n) is 2.90. The molecule has 1 saturated heterocycles. The lowest BCUT2D eigenvalue weighted by Crippen LogP contribution is -2.06. The number of nitrogen functional groups attached to an aromatic ring is 1. The number of nitrogens with two attached hydrogens (primary N) is 1. The number of fused-ring (bicyclic) bond motifs is 1. The molecule has 1 aliphatic heterocycles. The fraction of sp³-hybridized carbons (Fsp3) is 0.364. The van der Waals surface area contributed by atoms with Crippen LogP contribution in [0, 0.1) is 0 Å². The molecule has 1 aliphatic rings. The molecular formula is C11H13N3O. The van der Waals surface area contributed by atoms with Crippen molar-refractivity contribution in [1.82, 2.24) is 9.55 Å². The predicted octanol–water partition coefficient (Wildman–Crippen LogP) is 1.58. The molecule has 78 valence electrons. The first kappa shape index (κ1) is 8.73. The van der Waals surface area contributed by atoms with E-state index in [0.29, 0.717) is 6.04 Å². The fourth-order valence-corrected chi connectivity index (χ4v) is 2.08. The van der Waals surface area contributed by atoms with Crippen LogP contribution in [-0.4, -0.2) is 22.8 Å². The second-order valence-corrected chi connectivity index (χ2v) is 3.92. The fourth-order valence-electron chi connectivity index (χ4n) is 2.08. The molecule has 1 unspecified atom stereocenters. The Kier molecular flexibility index (Phi) is 1.89. The summed E-state index contributed by atoms with van der Waals surface area (Å²) in [5.74, 6) is 0. The summed E-state index contributed by atoms with van der Waals surface area (Å²) in [4.78, 5) is 4.35. The third kappa shape index (κ3) is 1.37. The van der Waals surface area contributed by atoms with Crippen molar-refractivity contribution in [3.63, 3.8) is 0 Å². The number of rotatable bonds is 1. The van der Waals surface area contributed by atoms with E-state index in [9.17, 15) is 0 Å². The summed E-state index contributed by atoms with van der Waals surface area (Å²) in [5, 5.41) is 0. The smallest absolute Gasteiger partial charge is 0.0961 e. The zero-order chi connectivity index (χ0) is 10.3. The van der Waals surface area contributed by atoms with Gasteiger partial charge in [-0.2, -0.15) is 0 Å². The van der Waals surface area contributed by atoms with Gasteiger partial charge in [0.05, 0.1) is 30.0 Å². The summed E-state index contributed by atoms with van der Waals surface area (Å²) in [6.07, 6.45) is 2.94. The van der Waals surface area contributed by atoms with Crippen LogP contribution < -0.4 is 5.73 Å². The van der Waals surface area contributed by atoms with Gasteiger partial charge in [0, 0.05) is 12.3 Å². The van der Waals surface area contributed by atoms with Gasteiger partial charge in [0.1, 0.15) is 0 Å². The molecule has 0 aliphatic carbocycles. The Hall–Kier alpha value is -1.55. The van der Waals surface area contributed by atoms with Gasteiger partial charge in [-0.25, -0.2) is 4.98 Å². The average molecular weight is 203 g/mol. The Morgan fingerprint density at radius 3 is 3.20 bits per heavy atom. The molecule has 1 fully saturated rings. The minimum atomic E-state index is 0.429. The molecule has 0 bridgehead atoms. The van der Waals surface area contributed by atoms with Crippen molar-refractivity contribution >= 4 is 16.7 Å². The summed E-state index contributed by atoms with van der Waals surface area (Å²) in [6, 6.07) is 6.27. The van der Waals surface area contributed by atoms with E-state index < -0.39 is 0 Å². The van der Waals surface area contributed by atoms with E-state index in [0.717, 1.165) is 36.4 Å². The van der Waals surface area contributed by atoms with E-state index in [-0.39, 0.29) is 0 Å². The van der Waals surface area contributed by atoms with Gasteiger partial charge < -0.3 is 15.0 Å². The Morgan fingerprint density at radius 1 is 1.47 bits per heavy atom. The monoisotopic (exact) mass is 203 g/mol. The van der Waals surface area contributed by atoms with Crippen molar-refractivity contribution in [3.8, 4) is 0 Å². The van der Waals surface area contributed by atoms with Crippen LogP contribution in [0.4, 0.5) is 5.69 Å². The van der Waals surface area contributed by atoms with Crippen molar-refractivity contribution in [2.24, 2.45) is 0 Å². The van der Waals surface area contributed by atoms with Crippen molar-refractivity contribution in [1.29, 1.82) is 0 Å². The molecular weight excluding hydrogens is 190 g/mol. The molecule has 4 heteroatoms. The number of imidazole rings is 1. The normalized spacial score (nSPS) is 21.2. The first-order chi connectivity index (χ1) is 7.34. The van der Waals surface area contributed by atoms with E-state index in [1.165, 1.54) is 0 Å². The SMILES string of the molecule is Nc1ccc2c(c1)ncn2C1CCOC1. The summed E-state index contributed by atoms with van der Waals surface area (Å²) >= 11 is 0. The zero-order valence-corrected chi connectivity index (χ0v) is 8.39. The molecule has 0 amide bonds. The summed E-state index contributed by atoms with van der Waals surface area (Å²) in [6.45, 7) is 1.63. The van der Waals surface area contributed by atoms with E-state index in [4.69, 9.17) is 10.5 Å². The lowest BCUT2D eigenvalue weighted by atomic mass is 10.2. The van der Waals surface area contributed by atoms with Crippen LogP contribution in [0.5, 0.6) is 0 Å². The van der Waals surface area contributed by atoms with Gasteiger partial charge in [0.15, 0.2) is 0 Å². The van der Waals surface area contributed by atoms with E-state index >= 15 is 0 Å². The quantitative estimate of drug-likeness (QED) is 0.716. The Labute approximate surface area is 87.7 Å². The maximum Gasteiger partial charge on any atom is 0.0961 e. The average Bonchev–Trinajstić information content (AvgIpc) is 2.82. The van der Waals surface area contributed by atoms with Crippen molar-refractivity contribution < 1.29 is 4.74 Å². The van der Waals surface area contributed by atoms with E-state index in [2.05, 4.69) is 9.55 Å². The highest BCUT2D eigenvalue weighted by Gasteiger charge is 2.19. The maximum absolute atomic E-state index is 5.71. The van der Waals surface area contributed by atoms with Gasteiger partial charge in [-0.05, 0) is 24.6 Å². The molecule has 1 aromatic carbocycles. The van der Waals surface area contributed by atoms with Gasteiger partial charge >= 0.3 is 0 Å². The van der Waals surface area contributed by atoms with Crippen LogP contribution in [0.25, 0.3) is 11.0 Å². The van der Waals surface area contributed by atoms with Crippen LogP contribution in [0.2, 0.25) is 0 Å². The second kappa shape index (κ2) is 3.24. The van der Waals surface area contributed by atoms with Gasteiger partial charge in [0.25, 0.3) is 0 Å². The lowest BCUT2D eigenvalue weighted by Gasteiger charge is -2.10. The molecule has 4 nitrogen and oxygen atoms in total. The topological polar surface area (TPSA) is 53.1 Å². The van der Waals surface area contributed by atoms with Crippen molar-refractivity contribution in [3.05, 3.63) is 24.5 Å². The number of hydrogen-bond donors (Lipinski definition) is 1. The minimum Gasteiger partial charge on any atom is -0.399 e. The summed E-state index contributed by atoms with van der Waals surface area (Å²) in [7, 11) is 0. The first-order valence-electron chi connectivity index (χ1n) is 5.14. The summed E-state index contributed by atoms with van der Waals surface area (Å²) < 4.78 is 7.56. The molecule has 0 saturated carbocycles. The lowest BCUT2D eigenvalue weighted by molar-refractivity contribution is 0.187. The highest BCUT2D eigenvalue weighted by Crippen LogP contribution is 2.24. The minimum absolute atomic E-state index is 0.429. The third-order valence-corrected chi connectivity index (χ3v) is 2.90. The Morgan fingerprint density at radius 2 is 2.40 bits per heavy atom. The summed E-state index contributed by atoms with van der Waals surface area (Å²) in [5.41, 5.74) is 8.57. The molecule has 3 rings (SSSR count). The molecule has 0 spiro atoms. The largest absolute Gasteiger partial charge is 0.399 e. The van der Waals surface area contributed by atoms with Crippen molar-refractivity contribution in [2.75, 3.05) is 18.9 Å². The first-order valence-corrected chi connectivity index (χ1v) is 5.14. The van der Waals surface area contributed by atoms with Gasteiger partial charge in [-0.3, -0.25) is 0 Å². The highest BCUT2D eigenvalue weighted by molar-refractivity contribution is 5.79. The van der Waals surface area contributed by atoms with Crippen LogP contribution in [0.1, 0.15) is 12.5 Å². The van der Waals surface area contributed by atoms with E-state index in [1.807, 2.05) is 24.5 Å². The zero-order valence-electron chi connectivity index (χ0n) is 8.39. The molecule has 2 N–H and O–H groups in total. The molecule has 1 atom stereocenters. The second-order valence-electron chi connectivity index (χ2n) is 3.92. The molecule has 2 aromatic rings. The van der Waals surface area contributed by atoms with Crippen LogP contribution >= 0.6 is 0 Å². The van der Waals surface area contributed by atoms with Crippen LogP contribution in [-0.2, 0) is 4.74 Å².